The highest BCUT2D eigenvalue weighted by atomic mass is 32.1. The normalized spacial score (nSPS) is 12.0. The third kappa shape index (κ3) is 4.91. The summed E-state index contributed by atoms with van der Waals surface area (Å²) in [6, 6.07) is 11.1. The molecule has 0 bridgehead atoms. The van der Waals surface area contributed by atoms with Crippen molar-refractivity contribution in [1.29, 1.82) is 0 Å². The number of nitrogens with one attached hydrogen (secondary N) is 2. The van der Waals surface area contributed by atoms with E-state index in [1.165, 1.54) is 11.8 Å². The Balaban J connectivity index is 2.02. The zero-order chi connectivity index (χ0) is 16.8. The third-order valence-electron chi connectivity index (χ3n) is 3.40. The van der Waals surface area contributed by atoms with Crippen LogP contribution in [0.2, 0.25) is 0 Å². The van der Waals surface area contributed by atoms with Crippen LogP contribution in [0.3, 0.4) is 0 Å². The summed E-state index contributed by atoms with van der Waals surface area (Å²) >= 11 is 1.68. The Kier molecular flexibility index (Phi) is 5.90. The molecule has 1 aromatic heterocycles. The van der Waals surface area contributed by atoms with E-state index >= 15 is 0 Å². The number of hydrogen-bond donors (Lipinski definition) is 2. The van der Waals surface area contributed by atoms with Gasteiger partial charge in [-0.15, -0.1) is 11.3 Å². The van der Waals surface area contributed by atoms with Crippen LogP contribution in [0.1, 0.15) is 28.2 Å². The average Bonchev–Trinajstić information content (AvgIpc) is 3.00. The summed E-state index contributed by atoms with van der Waals surface area (Å²) in [4.78, 5) is 26.7. The molecular weight excluding hydrogens is 310 g/mol. The predicted molar refractivity (Wildman–Crippen MR) is 93.8 cm³/mol. The first-order chi connectivity index (χ1) is 11.0. The summed E-state index contributed by atoms with van der Waals surface area (Å²) in [5.41, 5.74) is 1.15. The highest BCUT2D eigenvalue weighted by Gasteiger charge is 2.16. The van der Waals surface area contributed by atoms with Gasteiger partial charge in [-0.25, -0.2) is 0 Å². The molecule has 1 atom stereocenters. The van der Waals surface area contributed by atoms with Crippen molar-refractivity contribution in [2.45, 2.75) is 13.0 Å². The van der Waals surface area contributed by atoms with Crippen LogP contribution in [-0.2, 0) is 4.79 Å². The van der Waals surface area contributed by atoms with E-state index < -0.39 is 0 Å². The van der Waals surface area contributed by atoms with Crippen molar-refractivity contribution in [3.63, 3.8) is 0 Å². The molecule has 0 unspecified atom stereocenters. The van der Waals surface area contributed by atoms with E-state index in [1.807, 2.05) is 25.5 Å². The second-order valence-electron chi connectivity index (χ2n) is 5.47. The molecule has 0 saturated heterocycles. The number of anilines is 1. The molecule has 6 heteroatoms. The Morgan fingerprint density at radius 1 is 1.22 bits per heavy atom. The smallest absolute Gasteiger partial charge is 0.251 e. The second kappa shape index (κ2) is 7.89. The Labute approximate surface area is 140 Å². The van der Waals surface area contributed by atoms with Gasteiger partial charge in [-0.2, -0.15) is 0 Å². The quantitative estimate of drug-likeness (QED) is 0.855. The van der Waals surface area contributed by atoms with E-state index in [1.54, 1.807) is 35.6 Å². The minimum absolute atomic E-state index is 0.137. The van der Waals surface area contributed by atoms with E-state index in [9.17, 15) is 9.59 Å². The van der Waals surface area contributed by atoms with Gasteiger partial charge in [-0.3, -0.25) is 9.59 Å². The molecule has 1 aromatic carbocycles. The molecule has 0 spiro atoms. The summed E-state index contributed by atoms with van der Waals surface area (Å²) in [6.45, 7) is 1.96. The van der Waals surface area contributed by atoms with Gasteiger partial charge in [0.15, 0.2) is 0 Å². The minimum Gasteiger partial charge on any atom is -0.350 e. The number of thiophene rings is 1. The van der Waals surface area contributed by atoms with Crippen LogP contribution in [0, 0.1) is 0 Å². The van der Waals surface area contributed by atoms with Gasteiger partial charge in [0.2, 0.25) is 5.91 Å². The summed E-state index contributed by atoms with van der Waals surface area (Å²) in [5, 5.41) is 7.67. The molecule has 122 valence electrons. The van der Waals surface area contributed by atoms with Crippen molar-refractivity contribution in [3.05, 3.63) is 52.2 Å². The predicted octanol–water partition coefficient (Wildman–Crippen LogP) is 2.74. The minimum atomic E-state index is -0.159. The average molecular weight is 331 g/mol. The van der Waals surface area contributed by atoms with Gasteiger partial charge < -0.3 is 15.5 Å². The van der Waals surface area contributed by atoms with Crippen molar-refractivity contribution in [2.24, 2.45) is 0 Å². The molecule has 0 aliphatic rings. The van der Waals surface area contributed by atoms with Crippen molar-refractivity contribution < 1.29 is 9.59 Å². The highest BCUT2D eigenvalue weighted by Crippen LogP contribution is 2.22. The van der Waals surface area contributed by atoms with Gasteiger partial charge in [-0.05, 0) is 43.7 Å². The van der Waals surface area contributed by atoms with Crippen molar-refractivity contribution in [2.75, 3.05) is 26.0 Å². The van der Waals surface area contributed by atoms with E-state index in [0.29, 0.717) is 17.8 Å². The Bertz CT molecular complexity index is 668. The Hall–Kier alpha value is -2.18. The van der Waals surface area contributed by atoms with Gasteiger partial charge in [0.1, 0.15) is 0 Å². The number of carbonyl (C=O) groups excluding carboxylic acids is 2. The first-order valence-electron chi connectivity index (χ1n) is 7.33. The molecule has 0 radical (unpaired) electrons. The Morgan fingerprint density at radius 2 is 2.00 bits per heavy atom. The largest absolute Gasteiger partial charge is 0.350 e. The van der Waals surface area contributed by atoms with Gasteiger partial charge in [0, 0.05) is 29.6 Å². The third-order valence-corrected chi connectivity index (χ3v) is 4.37. The molecule has 5 nitrogen and oxygen atoms in total. The summed E-state index contributed by atoms with van der Waals surface area (Å²) in [5.74, 6) is -0.312. The lowest BCUT2D eigenvalue weighted by atomic mass is 10.1. The van der Waals surface area contributed by atoms with Crippen LogP contribution in [0.15, 0.2) is 41.8 Å². The van der Waals surface area contributed by atoms with Crippen LogP contribution in [0.5, 0.6) is 0 Å². The molecule has 0 aliphatic heterocycles. The van der Waals surface area contributed by atoms with Crippen LogP contribution in [-0.4, -0.2) is 37.4 Å². The van der Waals surface area contributed by atoms with Gasteiger partial charge in [0.05, 0.1) is 6.04 Å². The number of carbonyl (C=O) groups is 2. The fourth-order valence-electron chi connectivity index (χ4n) is 2.25. The summed E-state index contributed by atoms with van der Waals surface area (Å²) in [7, 11) is 3.99. The maximum Gasteiger partial charge on any atom is 0.251 e. The topological polar surface area (TPSA) is 61.4 Å². The molecule has 2 N–H and O–H groups in total. The number of amides is 2. The molecule has 2 rings (SSSR count). The van der Waals surface area contributed by atoms with Crippen molar-refractivity contribution in [3.8, 4) is 0 Å². The van der Waals surface area contributed by atoms with E-state index in [0.717, 1.165) is 0 Å². The SMILES string of the molecule is CC(=O)Nc1cccc(C(=O)NC[C@H](c2cccs2)N(C)C)c1. The maximum atomic E-state index is 12.3. The van der Waals surface area contributed by atoms with E-state index in [-0.39, 0.29) is 17.9 Å². The number of rotatable bonds is 6. The zero-order valence-corrected chi connectivity index (χ0v) is 14.3. The fraction of sp³-hybridized carbons (Fsp3) is 0.294. The molecular formula is C17H21N3O2S. The maximum absolute atomic E-state index is 12.3. The highest BCUT2D eigenvalue weighted by molar-refractivity contribution is 7.10. The lowest BCUT2D eigenvalue weighted by Crippen LogP contribution is -2.34. The fourth-order valence-corrected chi connectivity index (χ4v) is 3.17. The standard InChI is InChI=1S/C17H21N3O2S/c1-12(21)19-14-7-4-6-13(10-14)17(22)18-11-15(20(2)3)16-8-5-9-23-16/h4-10,15H,11H2,1-3H3,(H,18,22)(H,19,21)/t15-/m1/s1. The number of nitrogens with zero attached hydrogens (tertiary/aromatic N) is 1. The molecule has 1 heterocycles. The zero-order valence-electron chi connectivity index (χ0n) is 13.5. The number of likely N-dealkylation sites (N-methyl/N-ethyl adjacent to an activating group) is 1. The van der Waals surface area contributed by atoms with E-state index in [2.05, 4.69) is 21.6 Å². The summed E-state index contributed by atoms with van der Waals surface area (Å²) < 4.78 is 0. The molecule has 2 amide bonds. The van der Waals surface area contributed by atoms with Crippen molar-refractivity contribution >= 4 is 28.8 Å². The summed E-state index contributed by atoms with van der Waals surface area (Å²) in [6.07, 6.45) is 0. The van der Waals surface area contributed by atoms with Crippen LogP contribution in [0.4, 0.5) is 5.69 Å². The first kappa shape index (κ1) is 17.2. The number of benzene rings is 1. The van der Waals surface area contributed by atoms with Crippen LogP contribution < -0.4 is 10.6 Å². The van der Waals surface area contributed by atoms with Crippen LogP contribution in [0.25, 0.3) is 0 Å². The molecule has 0 saturated carbocycles. The molecule has 0 aliphatic carbocycles. The van der Waals surface area contributed by atoms with Gasteiger partial charge >= 0.3 is 0 Å². The molecule has 0 fully saturated rings. The van der Waals surface area contributed by atoms with Gasteiger partial charge in [0.25, 0.3) is 5.91 Å². The molecule has 2 aromatic rings. The van der Waals surface area contributed by atoms with Crippen molar-refractivity contribution in [1.82, 2.24) is 10.2 Å². The van der Waals surface area contributed by atoms with E-state index in [4.69, 9.17) is 0 Å². The van der Waals surface area contributed by atoms with Gasteiger partial charge in [-0.1, -0.05) is 12.1 Å². The van der Waals surface area contributed by atoms with Crippen LogP contribution >= 0.6 is 11.3 Å². The monoisotopic (exact) mass is 331 g/mol. The second-order valence-corrected chi connectivity index (χ2v) is 6.45. The first-order valence-corrected chi connectivity index (χ1v) is 8.21. The number of hydrogen-bond acceptors (Lipinski definition) is 4. The lowest BCUT2D eigenvalue weighted by Gasteiger charge is -2.23. The molecule has 23 heavy (non-hydrogen) atoms. The Morgan fingerprint density at radius 3 is 2.61 bits per heavy atom. The lowest BCUT2D eigenvalue weighted by molar-refractivity contribution is -0.114.